The van der Waals surface area contributed by atoms with E-state index in [2.05, 4.69) is 4.98 Å². The van der Waals surface area contributed by atoms with E-state index in [1.54, 1.807) is 12.1 Å². The lowest BCUT2D eigenvalue weighted by atomic mass is 10.1. The Morgan fingerprint density at radius 3 is 2.28 bits per heavy atom. The van der Waals surface area contributed by atoms with Crippen LogP contribution in [0.3, 0.4) is 0 Å². The Morgan fingerprint density at radius 2 is 1.72 bits per heavy atom. The van der Waals surface area contributed by atoms with Gasteiger partial charge in [-0.2, -0.15) is 18.4 Å². The number of hydrogen-bond donors (Lipinski definition) is 0. The van der Waals surface area contributed by atoms with E-state index < -0.39 is 11.7 Å². The first-order chi connectivity index (χ1) is 8.50. The van der Waals surface area contributed by atoms with Gasteiger partial charge in [0, 0.05) is 11.8 Å². The second kappa shape index (κ2) is 4.49. The van der Waals surface area contributed by atoms with E-state index in [-0.39, 0.29) is 5.69 Å². The van der Waals surface area contributed by atoms with Gasteiger partial charge in [0.1, 0.15) is 0 Å². The number of alkyl halides is 3. The third kappa shape index (κ3) is 2.48. The van der Waals surface area contributed by atoms with Crippen LogP contribution in [0.15, 0.2) is 42.6 Å². The summed E-state index contributed by atoms with van der Waals surface area (Å²) in [4.78, 5) is 3.90. The predicted molar refractivity (Wildman–Crippen MR) is 59.4 cm³/mol. The molecule has 0 aliphatic carbocycles. The monoisotopic (exact) mass is 248 g/mol. The second-order valence-electron chi connectivity index (χ2n) is 3.62. The van der Waals surface area contributed by atoms with Crippen LogP contribution in [0.5, 0.6) is 0 Å². The summed E-state index contributed by atoms with van der Waals surface area (Å²) in [7, 11) is 0. The largest absolute Gasteiger partial charge is 0.416 e. The molecule has 0 radical (unpaired) electrons. The van der Waals surface area contributed by atoms with Gasteiger partial charge < -0.3 is 0 Å². The number of rotatable bonds is 1. The van der Waals surface area contributed by atoms with Crippen LogP contribution in [0.25, 0.3) is 11.3 Å². The Labute approximate surface area is 101 Å². The van der Waals surface area contributed by atoms with Gasteiger partial charge >= 0.3 is 6.18 Å². The highest BCUT2D eigenvalue weighted by Gasteiger charge is 2.30. The Kier molecular flexibility index (Phi) is 3.02. The first kappa shape index (κ1) is 12.1. The van der Waals surface area contributed by atoms with Gasteiger partial charge in [-0.1, -0.05) is 12.1 Å². The fourth-order valence-electron chi connectivity index (χ4n) is 1.48. The van der Waals surface area contributed by atoms with Crippen molar-refractivity contribution in [2.45, 2.75) is 6.18 Å². The average molecular weight is 248 g/mol. The van der Waals surface area contributed by atoms with E-state index in [4.69, 9.17) is 5.26 Å². The molecule has 0 amide bonds. The second-order valence-corrected chi connectivity index (χ2v) is 3.62. The van der Waals surface area contributed by atoms with Crippen LogP contribution in [0.4, 0.5) is 13.2 Å². The summed E-state index contributed by atoms with van der Waals surface area (Å²) < 4.78 is 37.6. The summed E-state index contributed by atoms with van der Waals surface area (Å²) in [6, 6.07) is 10.1. The van der Waals surface area contributed by atoms with Crippen molar-refractivity contribution in [2.24, 2.45) is 0 Å². The minimum Gasteiger partial charge on any atom is -0.256 e. The molecule has 1 aromatic heterocycles. The van der Waals surface area contributed by atoms with Gasteiger partial charge in [0.15, 0.2) is 0 Å². The van der Waals surface area contributed by atoms with E-state index >= 15 is 0 Å². The first-order valence-electron chi connectivity index (χ1n) is 5.04. The van der Waals surface area contributed by atoms with E-state index in [9.17, 15) is 13.2 Å². The van der Waals surface area contributed by atoms with Crippen LogP contribution in [0.2, 0.25) is 0 Å². The van der Waals surface area contributed by atoms with Gasteiger partial charge in [-0.25, -0.2) is 0 Å². The number of halogens is 3. The molecule has 0 aliphatic rings. The summed E-state index contributed by atoms with van der Waals surface area (Å²) in [6.07, 6.45) is -3.26. The topological polar surface area (TPSA) is 36.7 Å². The standard InChI is InChI=1S/C13H7F3N2/c14-13(15,16)11-5-6-18-12(7-11)10-3-1-9(8-17)2-4-10/h1-7H. The number of nitriles is 1. The highest BCUT2D eigenvalue weighted by molar-refractivity contribution is 5.60. The molecule has 0 saturated carbocycles. The van der Waals surface area contributed by atoms with Crippen LogP contribution in [-0.4, -0.2) is 4.98 Å². The van der Waals surface area contributed by atoms with Gasteiger partial charge in [-0.05, 0) is 24.3 Å². The molecule has 2 nitrogen and oxygen atoms in total. The van der Waals surface area contributed by atoms with Crippen LogP contribution in [0.1, 0.15) is 11.1 Å². The summed E-state index contributed by atoms with van der Waals surface area (Å²) in [6.45, 7) is 0. The van der Waals surface area contributed by atoms with Crippen molar-refractivity contribution in [3.8, 4) is 17.3 Å². The molecule has 0 spiro atoms. The van der Waals surface area contributed by atoms with Gasteiger partial charge in [-0.3, -0.25) is 4.98 Å². The molecule has 5 heteroatoms. The van der Waals surface area contributed by atoms with Gasteiger partial charge in [-0.15, -0.1) is 0 Å². The van der Waals surface area contributed by atoms with Crippen LogP contribution < -0.4 is 0 Å². The van der Waals surface area contributed by atoms with Crippen molar-refractivity contribution in [2.75, 3.05) is 0 Å². The van der Waals surface area contributed by atoms with Crippen molar-refractivity contribution in [3.05, 3.63) is 53.7 Å². The lowest BCUT2D eigenvalue weighted by Gasteiger charge is -2.08. The molecule has 18 heavy (non-hydrogen) atoms. The molecule has 1 aromatic carbocycles. The number of benzene rings is 1. The zero-order valence-electron chi connectivity index (χ0n) is 9.07. The smallest absolute Gasteiger partial charge is 0.256 e. The Hall–Kier alpha value is -2.35. The average Bonchev–Trinajstić information content (AvgIpc) is 2.38. The maximum Gasteiger partial charge on any atom is 0.416 e. The highest BCUT2D eigenvalue weighted by Crippen LogP contribution is 2.31. The van der Waals surface area contributed by atoms with Crippen LogP contribution in [-0.2, 0) is 6.18 Å². The molecular weight excluding hydrogens is 241 g/mol. The number of nitrogens with zero attached hydrogens (tertiary/aromatic N) is 2. The normalized spacial score (nSPS) is 11.0. The van der Waals surface area contributed by atoms with E-state index in [1.165, 1.54) is 12.1 Å². The Morgan fingerprint density at radius 1 is 1.06 bits per heavy atom. The molecule has 0 fully saturated rings. The maximum atomic E-state index is 12.5. The molecule has 0 saturated heterocycles. The summed E-state index contributed by atoms with van der Waals surface area (Å²) in [5.74, 6) is 0. The first-order valence-corrected chi connectivity index (χ1v) is 5.04. The van der Waals surface area contributed by atoms with Gasteiger partial charge in [0.25, 0.3) is 0 Å². The Balaban J connectivity index is 2.42. The molecule has 0 atom stereocenters. The van der Waals surface area contributed by atoms with Crippen LogP contribution in [0, 0.1) is 11.3 Å². The molecule has 2 rings (SSSR count). The zero-order chi connectivity index (χ0) is 13.2. The zero-order valence-corrected chi connectivity index (χ0v) is 9.07. The van der Waals surface area contributed by atoms with Crippen molar-refractivity contribution in [3.63, 3.8) is 0 Å². The fourth-order valence-corrected chi connectivity index (χ4v) is 1.48. The molecule has 0 N–H and O–H groups in total. The molecular formula is C13H7F3N2. The summed E-state index contributed by atoms with van der Waals surface area (Å²) in [5.41, 5.74) is 0.483. The number of pyridine rings is 1. The third-order valence-electron chi connectivity index (χ3n) is 2.40. The molecule has 0 unspecified atom stereocenters. The quantitative estimate of drug-likeness (QED) is 0.772. The van der Waals surface area contributed by atoms with E-state index in [0.29, 0.717) is 11.1 Å². The van der Waals surface area contributed by atoms with Gasteiger partial charge in [0.05, 0.1) is 22.9 Å². The molecule has 1 heterocycles. The van der Waals surface area contributed by atoms with Crippen molar-refractivity contribution in [1.82, 2.24) is 4.98 Å². The fraction of sp³-hybridized carbons (Fsp3) is 0.0769. The SMILES string of the molecule is N#Cc1ccc(-c2cc(C(F)(F)F)ccn2)cc1. The van der Waals surface area contributed by atoms with Crippen LogP contribution >= 0.6 is 0 Å². The van der Waals surface area contributed by atoms with Gasteiger partial charge in [0.2, 0.25) is 0 Å². The lowest BCUT2D eigenvalue weighted by molar-refractivity contribution is -0.137. The molecule has 2 aromatic rings. The Bertz CT molecular complexity index is 595. The maximum absolute atomic E-state index is 12.5. The minimum atomic E-state index is -4.38. The molecule has 90 valence electrons. The lowest BCUT2D eigenvalue weighted by Crippen LogP contribution is -2.05. The van der Waals surface area contributed by atoms with Crippen molar-refractivity contribution < 1.29 is 13.2 Å². The van der Waals surface area contributed by atoms with E-state index in [1.807, 2.05) is 6.07 Å². The highest BCUT2D eigenvalue weighted by atomic mass is 19.4. The summed E-state index contributed by atoms with van der Waals surface area (Å²) >= 11 is 0. The predicted octanol–water partition coefficient (Wildman–Crippen LogP) is 3.64. The van der Waals surface area contributed by atoms with E-state index in [0.717, 1.165) is 18.3 Å². The third-order valence-corrected chi connectivity index (χ3v) is 2.40. The molecule has 0 bridgehead atoms. The van der Waals surface area contributed by atoms with Crippen molar-refractivity contribution in [1.29, 1.82) is 5.26 Å². The number of aromatic nitrogens is 1. The summed E-state index contributed by atoms with van der Waals surface area (Å²) in [5, 5.41) is 8.64. The minimum absolute atomic E-state index is 0.231. The molecule has 0 aliphatic heterocycles. The number of hydrogen-bond acceptors (Lipinski definition) is 2. The van der Waals surface area contributed by atoms with Crippen molar-refractivity contribution >= 4 is 0 Å².